The topological polar surface area (TPSA) is 28.2 Å². The smallest absolute Gasteiger partial charge is 0.197 e. The average Bonchev–Trinajstić information content (AvgIpc) is 2.61. The Morgan fingerprint density at radius 1 is 1.57 bits per heavy atom. The standard InChI is InChI=1S/C10H17N3S/c1-4-7-5-6-8-9(7)11-10(14-8)12-13(2)3/h7H,4-6H2,1-3H3,(H,11,12). The van der Waals surface area contributed by atoms with E-state index in [2.05, 4.69) is 17.3 Å². The Balaban J connectivity index is 2.17. The van der Waals surface area contributed by atoms with Crippen molar-refractivity contribution >= 4 is 16.5 Å². The van der Waals surface area contributed by atoms with Gasteiger partial charge in [-0.1, -0.05) is 6.92 Å². The first-order chi connectivity index (χ1) is 6.70. The summed E-state index contributed by atoms with van der Waals surface area (Å²) in [5, 5.41) is 2.98. The number of fused-ring (bicyclic) bond motifs is 1. The molecule has 0 spiro atoms. The van der Waals surface area contributed by atoms with Crippen LogP contribution in [0.4, 0.5) is 5.13 Å². The maximum Gasteiger partial charge on any atom is 0.197 e. The van der Waals surface area contributed by atoms with Crippen LogP contribution in [0.3, 0.4) is 0 Å². The van der Waals surface area contributed by atoms with E-state index in [0.29, 0.717) is 5.92 Å². The zero-order valence-electron chi connectivity index (χ0n) is 9.00. The van der Waals surface area contributed by atoms with Gasteiger partial charge in [-0.05, 0) is 19.3 Å². The molecule has 0 saturated heterocycles. The molecule has 1 unspecified atom stereocenters. The second-order valence-electron chi connectivity index (χ2n) is 3.98. The van der Waals surface area contributed by atoms with Crippen LogP contribution in [0.1, 0.15) is 36.3 Å². The molecule has 2 rings (SSSR count). The van der Waals surface area contributed by atoms with Gasteiger partial charge in [-0.3, -0.25) is 5.43 Å². The number of nitrogens with one attached hydrogen (secondary N) is 1. The van der Waals surface area contributed by atoms with Crippen LogP contribution in [-0.2, 0) is 6.42 Å². The summed E-state index contributed by atoms with van der Waals surface area (Å²) in [5.41, 5.74) is 4.57. The van der Waals surface area contributed by atoms with E-state index in [4.69, 9.17) is 0 Å². The lowest BCUT2D eigenvalue weighted by molar-refractivity contribution is 0.494. The lowest BCUT2D eigenvalue weighted by atomic mass is 10.1. The van der Waals surface area contributed by atoms with Crippen LogP contribution >= 0.6 is 11.3 Å². The van der Waals surface area contributed by atoms with Crippen molar-refractivity contribution in [1.82, 2.24) is 9.99 Å². The van der Waals surface area contributed by atoms with Crippen LogP contribution < -0.4 is 5.43 Å². The van der Waals surface area contributed by atoms with E-state index >= 15 is 0 Å². The van der Waals surface area contributed by atoms with Gasteiger partial charge in [0.1, 0.15) is 0 Å². The van der Waals surface area contributed by atoms with Crippen molar-refractivity contribution < 1.29 is 0 Å². The predicted molar refractivity (Wildman–Crippen MR) is 60.8 cm³/mol. The number of aromatic nitrogens is 1. The minimum absolute atomic E-state index is 0.707. The molecular formula is C10H17N3S. The van der Waals surface area contributed by atoms with Gasteiger partial charge in [0.25, 0.3) is 0 Å². The molecule has 0 bridgehead atoms. The summed E-state index contributed by atoms with van der Waals surface area (Å²) in [7, 11) is 3.98. The highest BCUT2D eigenvalue weighted by Crippen LogP contribution is 2.39. The number of nitrogens with zero attached hydrogens (tertiary/aromatic N) is 2. The van der Waals surface area contributed by atoms with Crippen molar-refractivity contribution in [3.8, 4) is 0 Å². The molecule has 14 heavy (non-hydrogen) atoms. The predicted octanol–water partition coefficient (Wildman–Crippen LogP) is 2.47. The van der Waals surface area contributed by atoms with E-state index in [-0.39, 0.29) is 0 Å². The van der Waals surface area contributed by atoms with Gasteiger partial charge in [0.05, 0.1) is 5.69 Å². The summed E-state index contributed by atoms with van der Waals surface area (Å²) >= 11 is 1.81. The maximum atomic E-state index is 4.65. The molecule has 0 aliphatic heterocycles. The fourth-order valence-electron chi connectivity index (χ4n) is 1.94. The van der Waals surface area contributed by atoms with Crippen molar-refractivity contribution in [2.45, 2.75) is 32.1 Å². The molecule has 0 saturated carbocycles. The van der Waals surface area contributed by atoms with Crippen LogP contribution in [-0.4, -0.2) is 24.1 Å². The lowest BCUT2D eigenvalue weighted by Crippen LogP contribution is -2.19. The average molecular weight is 211 g/mol. The molecule has 0 fully saturated rings. The van der Waals surface area contributed by atoms with E-state index < -0.39 is 0 Å². The van der Waals surface area contributed by atoms with Gasteiger partial charge >= 0.3 is 0 Å². The number of hydrogen-bond donors (Lipinski definition) is 1. The second kappa shape index (κ2) is 3.87. The fraction of sp³-hybridized carbons (Fsp3) is 0.700. The van der Waals surface area contributed by atoms with E-state index in [1.165, 1.54) is 29.8 Å². The van der Waals surface area contributed by atoms with Crippen LogP contribution in [0, 0.1) is 0 Å². The third-order valence-corrected chi connectivity index (χ3v) is 3.68. The van der Waals surface area contributed by atoms with Gasteiger partial charge < -0.3 is 0 Å². The van der Waals surface area contributed by atoms with Crippen molar-refractivity contribution in [2.75, 3.05) is 19.5 Å². The maximum absolute atomic E-state index is 4.65. The number of hydrazine groups is 1. The third-order valence-electron chi connectivity index (χ3n) is 2.65. The summed E-state index contributed by atoms with van der Waals surface area (Å²) in [5.74, 6) is 0.707. The Morgan fingerprint density at radius 3 is 3.00 bits per heavy atom. The number of aryl methyl sites for hydroxylation is 1. The Kier molecular flexibility index (Phi) is 2.74. The van der Waals surface area contributed by atoms with E-state index in [1.807, 2.05) is 19.1 Å². The fourth-order valence-corrected chi connectivity index (χ4v) is 3.08. The molecule has 1 heterocycles. The van der Waals surface area contributed by atoms with Crippen LogP contribution in [0.25, 0.3) is 0 Å². The number of rotatable bonds is 3. The highest BCUT2D eigenvalue weighted by Gasteiger charge is 2.25. The van der Waals surface area contributed by atoms with E-state index in [1.54, 1.807) is 11.3 Å². The van der Waals surface area contributed by atoms with Gasteiger partial charge in [-0.2, -0.15) is 0 Å². The Morgan fingerprint density at radius 2 is 2.36 bits per heavy atom. The molecular weight excluding hydrogens is 194 g/mol. The monoisotopic (exact) mass is 211 g/mol. The number of anilines is 1. The van der Waals surface area contributed by atoms with Crippen LogP contribution in [0.2, 0.25) is 0 Å². The molecule has 1 aromatic rings. The summed E-state index contributed by atoms with van der Waals surface area (Å²) in [6.45, 7) is 2.25. The summed E-state index contributed by atoms with van der Waals surface area (Å²) in [6.07, 6.45) is 3.74. The Hall–Kier alpha value is -0.610. The van der Waals surface area contributed by atoms with Crippen LogP contribution in [0.15, 0.2) is 0 Å². The van der Waals surface area contributed by atoms with Gasteiger partial charge in [-0.25, -0.2) is 9.99 Å². The SMILES string of the molecule is CCC1CCc2sc(NN(C)C)nc21. The first kappa shape index (κ1) is 9.93. The largest absolute Gasteiger partial charge is 0.295 e. The van der Waals surface area contributed by atoms with Gasteiger partial charge in [0, 0.05) is 24.9 Å². The number of hydrogen-bond acceptors (Lipinski definition) is 4. The highest BCUT2D eigenvalue weighted by molar-refractivity contribution is 7.15. The van der Waals surface area contributed by atoms with Gasteiger partial charge in [-0.15, -0.1) is 11.3 Å². The van der Waals surface area contributed by atoms with Gasteiger partial charge in [0.15, 0.2) is 5.13 Å². The lowest BCUT2D eigenvalue weighted by Gasteiger charge is -2.10. The molecule has 4 heteroatoms. The molecule has 3 nitrogen and oxygen atoms in total. The molecule has 0 amide bonds. The first-order valence-corrected chi connectivity index (χ1v) is 5.96. The molecule has 0 radical (unpaired) electrons. The molecule has 1 aliphatic rings. The zero-order valence-corrected chi connectivity index (χ0v) is 9.82. The third kappa shape index (κ3) is 1.77. The molecule has 78 valence electrons. The van der Waals surface area contributed by atoms with Crippen molar-refractivity contribution in [3.05, 3.63) is 10.6 Å². The second-order valence-corrected chi connectivity index (χ2v) is 5.06. The van der Waals surface area contributed by atoms with Crippen molar-refractivity contribution in [3.63, 3.8) is 0 Å². The minimum atomic E-state index is 0.707. The first-order valence-electron chi connectivity index (χ1n) is 5.14. The summed E-state index contributed by atoms with van der Waals surface area (Å²) in [6, 6.07) is 0. The number of thiazole rings is 1. The Labute approximate surface area is 89.1 Å². The van der Waals surface area contributed by atoms with Gasteiger partial charge in [0.2, 0.25) is 0 Å². The van der Waals surface area contributed by atoms with Crippen LogP contribution in [0.5, 0.6) is 0 Å². The quantitative estimate of drug-likeness (QED) is 0.778. The minimum Gasteiger partial charge on any atom is -0.295 e. The molecule has 1 N–H and O–H groups in total. The Bertz CT molecular complexity index is 319. The zero-order chi connectivity index (χ0) is 10.1. The van der Waals surface area contributed by atoms with Crippen molar-refractivity contribution in [2.24, 2.45) is 0 Å². The summed E-state index contributed by atoms with van der Waals surface area (Å²) < 4.78 is 0. The van der Waals surface area contributed by atoms with E-state index in [0.717, 1.165) is 5.13 Å². The molecule has 0 aromatic carbocycles. The molecule has 1 atom stereocenters. The molecule has 1 aliphatic carbocycles. The normalized spacial score (nSPS) is 20.1. The molecule has 1 aromatic heterocycles. The van der Waals surface area contributed by atoms with E-state index in [9.17, 15) is 0 Å². The highest BCUT2D eigenvalue weighted by atomic mass is 32.1. The van der Waals surface area contributed by atoms with Crippen molar-refractivity contribution in [1.29, 1.82) is 0 Å². The summed E-state index contributed by atoms with van der Waals surface area (Å²) in [4.78, 5) is 6.14.